The minimum atomic E-state index is -1.88. The van der Waals surface area contributed by atoms with E-state index in [-0.39, 0.29) is 24.7 Å². The predicted octanol–water partition coefficient (Wildman–Crippen LogP) is 2.90. The van der Waals surface area contributed by atoms with Gasteiger partial charge in [-0.2, -0.15) is 19.0 Å². The summed E-state index contributed by atoms with van der Waals surface area (Å²) in [6.07, 6.45) is 3.17. The lowest BCUT2D eigenvalue weighted by atomic mass is 10.0. The zero-order chi connectivity index (χ0) is 20.4. The summed E-state index contributed by atoms with van der Waals surface area (Å²) in [6.45, 7) is 5.30. The molecule has 2 aromatic heterocycles. The van der Waals surface area contributed by atoms with Crippen molar-refractivity contribution in [1.29, 1.82) is 0 Å². The van der Waals surface area contributed by atoms with E-state index in [1.807, 2.05) is 43.8 Å². The summed E-state index contributed by atoms with van der Waals surface area (Å²) in [4.78, 5) is 12.7. The zero-order valence-corrected chi connectivity index (χ0v) is 15.9. The van der Waals surface area contributed by atoms with Crippen LogP contribution < -0.4 is 11.4 Å². The standard InChI is InChI=1S/C19H22F2N6O/c1-12(2)26-10-15(8-23-26)16-5-4-6-17(13(16)3)25-11-24-27(19(25)28)9-14(7-22)18(20)21/h4-6,8,10-12H,7,9,22H2,1-3H3. The van der Waals surface area contributed by atoms with Crippen molar-refractivity contribution in [3.05, 3.63) is 64.6 Å². The molecule has 0 fully saturated rings. The van der Waals surface area contributed by atoms with E-state index in [0.717, 1.165) is 21.4 Å². The van der Waals surface area contributed by atoms with Crippen molar-refractivity contribution in [2.45, 2.75) is 33.4 Å². The third kappa shape index (κ3) is 3.65. The molecule has 1 aromatic carbocycles. The Kier molecular flexibility index (Phi) is 5.55. The normalized spacial score (nSPS) is 11.2. The molecule has 148 valence electrons. The number of halogens is 2. The van der Waals surface area contributed by atoms with Crippen LogP contribution in [0.1, 0.15) is 25.5 Å². The number of nitrogens with zero attached hydrogens (tertiary/aromatic N) is 5. The van der Waals surface area contributed by atoms with Crippen molar-refractivity contribution >= 4 is 0 Å². The fourth-order valence-electron chi connectivity index (χ4n) is 2.95. The van der Waals surface area contributed by atoms with E-state index < -0.39 is 11.8 Å². The Morgan fingerprint density at radius 3 is 2.61 bits per heavy atom. The van der Waals surface area contributed by atoms with Gasteiger partial charge in [-0.1, -0.05) is 12.1 Å². The van der Waals surface area contributed by atoms with E-state index in [0.29, 0.717) is 5.69 Å². The second kappa shape index (κ2) is 7.89. The molecule has 0 unspecified atom stereocenters. The van der Waals surface area contributed by atoms with Gasteiger partial charge in [-0.25, -0.2) is 14.0 Å². The summed E-state index contributed by atoms with van der Waals surface area (Å²) in [5.41, 5.74) is 7.85. The van der Waals surface area contributed by atoms with Crippen molar-refractivity contribution < 1.29 is 8.78 Å². The molecule has 0 saturated heterocycles. The minimum Gasteiger partial charge on any atom is -0.327 e. The zero-order valence-electron chi connectivity index (χ0n) is 15.9. The van der Waals surface area contributed by atoms with Crippen LogP contribution in [0.4, 0.5) is 8.78 Å². The van der Waals surface area contributed by atoms with Gasteiger partial charge in [0.2, 0.25) is 0 Å². The first-order valence-corrected chi connectivity index (χ1v) is 8.85. The second-order valence-corrected chi connectivity index (χ2v) is 6.76. The molecule has 3 aromatic rings. The molecular weight excluding hydrogens is 366 g/mol. The first-order valence-electron chi connectivity index (χ1n) is 8.85. The van der Waals surface area contributed by atoms with Crippen LogP contribution in [-0.2, 0) is 6.54 Å². The number of benzene rings is 1. The van der Waals surface area contributed by atoms with Gasteiger partial charge in [0.15, 0.2) is 0 Å². The number of nitrogens with two attached hydrogens (primary N) is 1. The Labute approximate surface area is 160 Å². The van der Waals surface area contributed by atoms with Gasteiger partial charge in [0.1, 0.15) is 6.33 Å². The first kappa shape index (κ1) is 19.7. The quantitative estimate of drug-likeness (QED) is 0.704. The Bertz CT molecular complexity index is 1070. The largest absolute Gasteiger partial charge is 0.350 e. The van der Waals surface area contributed by atoms with E-state index >= 15 is 0 Å². The molecule has 2 N–H and O–H groups in total. The van der Waals surface area contributed by atoms with Gasteiger partial charge in [0, 0.05) is 29.9 Å². The lowest BCUT2D eigenvalue weighted by molar-refractivity contribution is 0.400. The average molecular weight is 388 g/mol. The van der Waals surface area contributed by atoms with E-state index in [1.54, 1.807) is 12.3 Å². The van der Waals surface area contributed by atoms with Crippen LogP contribution in [0.15, 0.2) is 53.4 Å². The van der Waals surface area contributed by atoms with Crippen LogP contribution in [0, 0.1) is 6.92 Å². The Morgan fingerprint density at radius 2 is 2.00 bits per heavy atom. The van der Waals surface area contributed by atoms with Crippen LogP contribution in [0.3, 0.4) is 0 Å². The highest BCUT2D eigenvalue weighted by Crippen LogP contribution is 2.27. The molecular formula is C19H22F2N6O. The third-order valence-corrected chi connectivity index (χ3v) is 4.59. The van der Waals surface area contributed by atoms with Crippen molar-refractivity contribution in [2.75, 3.05) is 6.54 Å². The lowest BCUT2D eigenvalue weighted by Gasteiger charge is -2.10. The van der Waals surface area contributed by atoms with Gasteiger partial charge in [0.25, 0.3) is 6.08 Å². The Hall–Kier alpha value is -3.07. The smallest absolute Gasteiger partial charge is 0.327 e. The highest BCUT2D eigenvalue weighted by atomic mass is 19.3. The highest BCUT2D eigenvalue weighted by molar-refractivity contribution is 5.69. The molecule has 0 aliphatic carbocycles. The molecule has 0 spiro atoms. The summed E-state index contributed by atoms with van der Waals surface area (Å²) in [7, 11) is 0. The van der Waals surface area contributed by atoms with Crippen molar-refractivity contribution in [3.8, 4) is 16.8 Å². The van der Waals surface area contributed by atoms with E-state index in [9.17, 15) is 13.6 Å². The maximum atomic E-state index is 12.9. The fraction of sp³-hybridized carbons (Fsp3) is 0.316. The van der Waals surface area contributed by atoms with E-state index in [4.69, 9.17) is 5.73 Å². The molecule has 0 radical (unpaired) electrons. The lowest BCUT2D eigenvalue weighted by Crippen LogP contribution is -2.26. The molecule has 3 rings (SSSR count). The van der Waals surface area contributed by atoms with Gasteiger partial charge in [0.05, 0.1) is 18.4 Å². The Balaban J connectivity index is 2.02. The van der Waals surface area contributed by atoms with Crippen LogP contribution in [0.25, 0.3) is 16.8 Å². The molecule has 0 aliphatic heterocycles. The summed E-state index contributed by atoms with van der Waals surface area (Å²) in [5, 5.41) is 8.32. The predicted molar refractivity (Wildman–Crippen MR) is 102 cm³/mol. The molecule has 9 heteroatoms. The van der Waals surface area contributed by atoms with Crippen LogP contribution in [0.5, 0.6) is 0 Å². The van der Waals surface area contributed by atoms with Crippen LogP contribution >= 0.6 is 0 Å². The maximum Gasteiger partial charge on any atom is 0.350 e. The molecule has 0 atom stereocenters. The van der Waals surface area contributed by atoms with Crippen LogP contribution in [0.2, 0.25) is 0 Å². The molecule has 28 heavy (non-hydrogen) atoms. The van der Waals surface area contributed by atoms with Gasteiger partial charge < -0.3 is 5.73 Å². The summed E-state index contributed by atoms with van der Waals surface area (Å²) >= 11 is 0. The average Bonchev–Trinajstić information content (AvgIpc) is 3.27. The van der Waals surface area contributed by atoms with Gasteiger partial charge >= 0.3 is 5.69 Å². The first-order chi connectivity index (χ1) is 13.3. The van der Waals surface area contributed by atoms with E-state index in [1.165, 1.54) is 10.9 Å². The number of aromatic nitrogens is 5. The van der Waals surface area contributed by atoms with Gasteiger partial charge in [-0.05, 0) is 38.0 Å². The monoisotopic (exact) mass is 388 g/mol. The summed E-state index contributed by atoms with van der Waals surface area (Å²) in [6, 6.07) is 5.80. The maximum absolute atomic E-state index is 12.9. The molecule has 0 aliphatic rings. The summed E-state index contributed by atoms with van der Waals surface area (Å²) in [5.74, 6) is 0. The fourth-order valence-corrected chi connectivity index (χ4v) is 2.95. The topological polar surface area (TPSA) is 83.7 Å². The number of hydrogen-bond donors (Lipinski definition) is 1. The number of hydrogen-bond acceptors (Lipinski definition) is 4. The summed E-state index contributed by atoms with van der Waals surface area (Å²) < 4.78 is 29.9. The number of rotatable bonds is 6. The van der Waals surface area contributed by atoms with Crippen LogP contribution in [-0.4, -0.2) is 30.7 Å². The molecule has 0 amide bonds. The minimum absolute atomic E-state index is 0.235. The third-order valence-electron chi connectivity index (χ3n) is 4.59. The molecule has 0 bridgehead atoms. The molecule has 0 saturated carbocycles. The van der Waals surface area contributed by atoms with E-state index in [2.05, 4.69) is 10.2 Å². The van der Waals surface area contributed by atoms with Gasteiger partial charge in [-0.15, -0.1) is 0 Å². The van der Waals surface area contributed by atoms with Crippen molar-refractivity contribution in [3.63, 3.8) is 0 Å². The highest BCUT2D eigenvalue weighted by Gasteiger charge is 2.15. The van der Waals surface area contributed by atoms with Crippen molar-refractivity contribution in [1.82, 2.24) is 24.1 Å². The molecule has 7 nitrogen and oxygen atoms in total. The van der Waals surface area contributed by atoms with Crippen molar-refractivity contribution in [2.24, 2.45) is 5.73 Å². The second-order valence-electron chi connectivity index (χ2n) is 6.76. The van der Waals surface area contributed by atoms with Gasteiger partial charge in [-0.3, -0.25) is 4.68 Å². The Morgan fingerprint density at radius 1 is 1.25 bits per heavy atom. The SMILES string of the molecule is Cc1c(-c2cnn(C(C)C)c2)cccc1-n1cnn(CC(CN)=C(F)F)c1=O. The molecule has 2 heterocycles.